The highest BCUT2D eigenvalue weighted by Crippen LogP contribution is 2.23. The Labute approximate surface area is 166 Å². The molecule has 0 radical (unpaired) electrons. The van der Waals surface area contributed by atoms with Crippen LogP contribution in [0.15, 0.2) is 28.7 Å². The van der Waals surface area contributed by atoms with Crippen molar-refractivity contribution in [1.82, 2.24) is 20.0 Å². The number of benzene rings is 1. The molecule has 2 aliphatic heterocycles. The zero-order valence-corrected chi connectivity index (χ0v) is 16.8. The summed E-state index contributed by atoms with van der Waals surface area (Å²) in [7, 11) is 0. The molecule has 4 rings (SSSR count). The lowest BCUT2D eigenvalue weighted by Gasteiger charge is -2.36. The fourth-order valence-electron chi connectivity index (χ4n) is 4.18. The Kier molecular flexibility index (Phi) is 5.62. The third kappa shape index (κ3) is 4.04. The standard InChI is InChI=1S/C21H29N5O2/c1-3-19-22-23-21(28-19)25-12-10-24(11-13-25)20(27)18-8-5-9-26(18)15-17-7-4-6-16(2)14-17/h4,6-7,14,18H,3,5,8-13,15H2,1-2H3. The molecule has 0 aliphatic carbocycles. The fraction of sp³-hybridized carbons (Fsp3) is 0.571. The number of carbonyl (C=O) groups is 1. The number of aryl methyl sites for hydroxylation is 2. The van der Waals surface area contributed by atoms with Gasteiger partial charge < -0.3 is 14.2 Å². The molecule has 0 bridgehead atoms. The second kappa shape index (κ2) is 8.31. The van der Waals surface area contributed by atoms with Crippen LogP contribution in [0.5, 0.6) is 0 Å². The Morgan fingerprint density at radius 3 is 2.71 bits per heavy atom. The van der Waals surface area contributed by atoms with E-state index in [2.05, 4.69) is 51.2 Å². The third-order valence-corrected chi connectivity index (χ3v) is 5.74. The first-order valence-corrected chi connectivity index (χ1v) is 10.3. The molecule has 2 fully saturated rings. The predicted octanol–water partition coefficient (Wildman–Crippen LogP) is 2.25. The first-order valence-electron chi connectivity index (χ1n) is 10.3. The number of nitrogens with zero attached hydrogens (tertiary/aromatic N) is 5. The summed E-state index contributed by atoms with van der Waals surface area (Å²) in [5, 5.41) is 8.16. The van der Waals surface area contributed by atoms with Crippen LogP contribution in [-0.4, -0.2) is 64.7 Å². The van der Waals surface area contributed by atoms with E-state index in [0.29, 0.717) is 25.0 Å². The van der Waals surface area contributed by atoms with Crippen LogP contribution in [0.4, 0.5) is 6.01 Å². The normalized spacial score (nSPS) is 20.7. The van der Waals surface area contributed by atoms with Crippen LogP contribution in [0, 0.1) is 6.92 Å². The number of hydrogen-bond donors (Lipinski definition) is 0. The minimum atomic E-state index is 0.00200. The summed E-state index contributed by atoms with van der Waals surface area (Å²) in [5.74, 6) is 0.927. The molecule has 2 saturated heterocycles. The van der Waals surface area contributed by atoms with Crippen LogP contribution in [0.25, 0.3) is 0 Å². The van der Waals surface area contributed by atoms with Crippen LogP contribution in [0.3, 0.4) is 0 Å². The second-order valence-corrected chi connectivity index (χ2v) is 7.76. The van der Waals surface area contributed by atoms with Crippen LogP contribution < -0.4 is 4.90 Å². The summed E-state index contributed by atoms with van der Waals surface area (Å²) < 4.78 is 5.65. The molecule has 3 heterocycles. The number of anilines is 1. The van der Waals surface area contributed by atoms with Crippen LogP contribution in [0.1, 0.15) is 36.8 Å². The van der Waals surface area contributed by atoms with E-state index in [0.717, 1.165) is 45.4 Å². The lowest BCUT2D eigenvalue weighted by molar-refractivity contribution is -0.136. The van der Waals surface area contributed by atoms with Crippen molar-refractivity contribution >= 4 is 11.9 Å². The maximum absolute atomic E-state index is 13.2. The van der Waals surface area contributed by atoms with E-state index < -0.39 is 0 Å². The molecule has 0 saturated carbocycles. The van der Waals surface area contributed by atoms with E-state index in [9.17, 15) is 4.79 Å². The molecule has 1 unspecified atom stereocenters. The van der Waals surface area contributed by atoms with Crippen LogP contribution in [-0.2, 0) is 17.8 Å². The van der Waals surface area contributed by atoms with Gasteiger partial charge in [0.1, 0.15) is 0 Å². The molecule has 7 heteroatoms. The zero-order valence-electron chi connectivity index (χ0n) is 16.8. The highest BCUT2D eigenvalue weighted by atomic mass is 16.4. The van der Waals surface area contributed by atoms with Crippen molar-refractivity contribution in [3.8, 4) is 0 Å². The van der Waals surface area contributed by atoms with Crippen molar-refractivity contribution in [2.24, 2.45) is 0 Å². The molecule has 7 nitrogen and oxygen atoms in total. The predicted molar refractivity (Wildman–Crippen MR) is 107 cm³/mol. The molecule has 2 aliphatic rings. The van der Waals surface area contributed by atoms with Gasteiger partial charge in [0.05, 0.1) is 6.04 Å². The molecule has 0 N–H and O–H groups in total. The van der Waals surface area contributed by atoms with Gasteiger partial charge in [-0.05, 0) is 31.9 Å². The summed E-state index contributed by atoms with van der Waals surface area (Å²) in [6.45, 7) is 8.84. The third-order valence-electron chi connectivity index (χ3n) is 5.74. The Morgan fingerprint density at radius 2 is 2.00 bits per heavy atom. The van der Waals surface area contributed by atoms with Crippen molar-refractivity contribution in [2.75, 3.05) is 37.6 Å². The zero-order chi connectivity index (χ0) is 19.5. The van der Waals surface area contributed by atoms with E-state index in [1.165, 1.54) is 11.1 Å². The molecule has 1 atom stereocenters. The number of amides is 1. The minimum absolute atomic E-state index is 0.00200. The maximum atomic E-state index is 13.2. The molecule has 1 amide bonds. The summed E-state index contributed by atoms with van der Waals surface area (Å²) >= 11 is 0. The van der Waals surface area contributed by atoms with Gasteiger partial charge in [0, 0.05) is 39.1 Å². The van der Waals surface area contributed by atoms with Gasteiger partial charge in [-0.1, -0.05) is 41.9 Å². The van der Waals surface area contributed by atoms with Crippen molar-refractivity contribution in [3.05, 3.63) is 41.3 Å². The number of hydrogen-bond acceptors (Lipinski definition) is 6. The summed E-state index contributed by atoms with van der Waals surface area (Å²) in [5.41, 5.74) is 2.55. The van der Waals surface area contributed by atoms with Crippen molar-refractivity contribution in [3.63, 3.8) is 0 Å². The van der Waals surface area contributed by atoms with E-state index >= 15 is 0 Å². The number of likely N-dealkylation sites (tertiary alicyclic amines) is 1. The lowest BCUT2D eigenvalue weighted by Crippen LogP contribution is -2.53. The lowest BCUT2D eigenvalue weighted by atomic mass is 10.1. The molecule has 1 aromatic carbocycles. The number of carbonyl (C=O) groups excluding carboxylic acids is 1. The van der Waals surface area contributed by atoms with Gasteiger partial charge in [0.25, 0.3) is 0 Å². The SMILES string of the molecule is CCc1nnc(N2CCN(C(=O)C3CCCN3Cc3cccc(C)c3)CC2)o1. The van der Waals surface area contributed by atoms with Crippen LogP contribution in [0.2, 0.25) is 0 Å². The smallest absolute Gasteiger partial charge is 0.318 e. The molecular weight excluding hydrogens is 354 g/mol. The van der Waals surface area contributed by atoms with Gasteiger partial charge in [-0.15, -0.1) is 5.10 Å². The number of rotatable bonds is 5. The van der Waals surface area contributed by atoms with Gasteiger partial charge in [0.2, 0.25) is 11.8 Å². The van der Waals surface area contributed by atoms with Gasteiger partial charge in [-0.3, -0.25) is 9.69 Å². The van der Waals surface area contributed by atoms with E-state index in [4.69, 9.17) is 4.42 Å². The van der Waals surface area contributed by atoms with Gasteiger partial charge in [-0.2, -0.15) is 0 Å². The quantitative estimate of drug-likeness (QED) is 0.789. The van der Waals surface area contributed by atoms with Gasteiger partial charge >= 0.3 is 6.01 Å². The largest absolute Gasteiger partial charge is 0.408 e. The van der Waals surface area contributed by atoms with Gasteiger partial charge in [-0.25, -0.2) is 0 Å². The monoisotopic (exact) mass is 383 g/mol. The minimum Gasteiger partial charge on any atom is -0.408 e. The highest BCUT2D eigenvalue weighted by Gasteiger charge is 2.35. The number of piperazine rings is 1. The Bertz CT molecular complexity index is 813. The van der Waals surface area contributed by atoms with Crippen LogP contribution >= 0.6 is 0 Å². The van der Waals surface area contributed by atoms with Crippen molar-refractivity contribution < 1.29 is 9.21 Å². The Hall–Kier alpha value is -2.41. The second-order valence-electron chi connectivity index (χ2n) is 7.76. The van der Waals surface area contributed by atoms with E-state index in [1.54, 1.807) is 0 Å². The average Bonchev–Trinajstić information content (AvgIpc) is 3.37. The summed E-state index contributed by atoms with van der Waals surface area (Å²) in [6, 6.07) is 9.16. The molecule has 28 heavy (non-hydrogen) atoms. The highest BCUT2D eigenvalue weighted by molar-refractivity contribution is 5.82. The molecule has 0 spiro atoms. The van der Waals surface area contributed by atoms with E-state index in [1.807, 2.05) is 11.8 Å². The van der Waals surface area contributed by atoms with Crippen molar-refractivity contribution in [1.29, 1.82) is 0 Å². The van der Waals surface area contributed by atoms with Gasteiger partial charge in [0.15, 0.2) is 0 Å². The first kappa shape index (κ1) is 18.9. The Balaban J connectivity index is 1.35. The number of aromatic nitrogens is 2. The average molecular weight is 383 g/mol. The molecule has 1 aromatic heterocycles. The maximum Gasteiger partial charge on any atom is 0.318 e. The van der Waals surface area contributed by atoms with E-state index in [-0.39, 0.29) is 11.9 Å². The van der Waals surface area contributed by atoms with Crippen molar-refractivity contribution in [2.45, 2.75) is 45.7 Å². The fourth-order valence-corrected chi connectivity index (χ4v) is 4.18. The first-order chi connectivity index (χ1) is 13.6. The summed E-state index contributed by atoms with van der Waals surface area (Å²) in [4.78, 5) is 19.6. The molecular formula is C21H29N5O2. The summed E-state index contributed by atoms with van der Waals surface area (Å²) in [6.07, 6.45) is 2.78. The molecule has 150 valence electrons. The Morgan fingerprint density at radius 1 is 1.18 bits per heavy atom. The molecule has 2 aromatic rings. The topological polar surface area (TPSA) is 65.7 Å².